The molecule has 232 valence electrons. The maximum Gasteiger partial charge on any atom is 0.252 e. The van der Waals surface area contributed by atoms with Gasteiger partial charge in [0, 0.05) is 12.3 Å². The van der Waals surface area contributed by atoms with E-state index in [9.17, 15) is 24.3 Å². The first-order valence-electron chi connectivity index (χ1n) is 14.5. The highest BCUT2D eigenvalue weighted by Crippen LogP contribution is 2.19. The molecule has 2 atom stereocenters. The number of hydrogen-bond acceptors (Lipinski definition) is 7. The molecule has 0 radical (unpaired) electrons. The van der Waals surface area contributed by atoms with Crippen molar-refractivity contribution in [3.8, 4) is 0 Å². The smallest absolute Gasteiger partial charge is 0.252 e. The molecule has 0 aliphatic heterocycles. The van der Waals surface area contributed by atoms with Crippen LogP contribution in [-0.4, -0.2) is 72.1 Å². The maximum atomic E-state index is 12.6. The Morgan fingerprint density at radius 2 is 1.46 bits per heavy atom. The van der Waals surface area contributed by atoms with Crippen LogP contribution in [-0.2, 0) is 23.9 Å². The van der Waals surface area contributed by atoms with Crippen molar-refractivity contribution in [2.24, 2.45) is 17.6 Å². The molecule has 10 heteroatoms. The number of nitrogens with two attached hydrogens (primary N) is 1. The summed E-state index contributed by atoms with van der Waals surface area (Å²) in [5.74, 6) is -2.31. The molecule has 0 bridgehead atoms. The van der Waals surface area contributed by atoms with Crippen LogP contribution < -0.4 is 21.7 Å². The molecule has 0 rings (SSSR count). The highest BCUT2D eigenvalue weighted by Gasteiger charge is 2.35. The Kier molecular flexibility index (Phi) is 24.2. The lowest BCUT2D eigenvalue weighted by atomic mass is 9.98. The summed E-state index contributed by atoms with van der Waals surface area (Å²) in [6.45, 7) is 21.1. The molecule has 39 heavy (non-hydrogen) atoms. The third-order valence-corrected chi connectivity index (χ3v) is 5.74. The zero-order valence-corrected chi connectivity index (χ0v) is 26.7. The van der Waals surface area contributed by atoms with Crippen molar-refractivity contribution in [3.05, 3.63) is 0 Å². The SMILES string of the molecule is CC.CCCC(C)(C)OCCC(C)(O)C(=O)NC(C(=O)NCC(=O)NCC(=O)C(C)C)C(C)C.CCCCN. The van der Waals surface area contributed by atoms with E-state index in [0.717, 1.165) is 19.4 Å². The summed E-state index contributed by atoms with van der Waals surface area (Å²) < 4.78 is 5.79. The number of nitrogens with one attached hydrogen (secondary N) is 3. The number of amides is 3. The molecule has 0 saturated heterocycles. The molecule has 0 aliphatic carbocycles. The fraction of sp³-hybridized carbons (Fsp3) is 0.862. The van der Waals surface area contributed by atoms with Crippen LogP contribution in [0.15, 0.2) is 0 Å². The summed E-state index contributed by atoms with van der Waals surface area (Å²) in [7, 11) is 0. The predicted molar refractivity (Wildman–Crippen MR) is 158 cm³/mol. The van der Waals surface area contributed by atoms with Gasteiger partial charge in [-0.1, -0.05) is 68.2 Å². The number of aliphatic hydroxyl groups is 1. The van der Waals surface area contributed by atoms with Crippen LogP contribution in [0.4, 0.5) is 0 Å². The predicted octanol–water partition coefficient (Wildman–Crippen LogP) is 3.09. The third kappa shape index (κ3) is 21.5. The summed E-state index contributed by atoms with van der Waals surface area (Å²) in [6.07, 6.45) is 4.28. The van der Waals surface area contributed by atoms with E-state index in [2.05, 4.69) is 29.8 Å². The van der Waals surface area contributed by atoms with E-state index >= 15 is 0 Å². The summed E-state index contributed by atoms with van der Waals surface area (Å²) >= 11 is 0. The number of rotatable bonds is 17. The van der Waals surface area contributed by atoms with E-state index in [4.69, 9.17) is 10.5 Å². The van der Waals surface area contributed by atoms with Crippen LogP contribution in [0.5, 0.6) is 0 Å². The Morgan fingerprint density at radius 1 is 0.897 bits per heavy atom. The van der Waals surface area contributed by atoms with Crippen LogP contribution >= 0.6 is 0 Å². The van der Waals surface area contributed by atoms with E-state index in [1.807, 2.05) is 27.7 Å². The molecular formula is C29H60N4O6. The van der Waals surface area contributed by atoms with Gasteiger partial charge in [-0.3, -0.25) is 19.2 Å². The van der Waals surface area contributed by atoms with Crippen molar-refractivity contribution in [2.75, 3.05) is 26.2 Å². The molecular weight excluding hydrogens is 500 g/mol. The van der Waals surface area contributed by atoms with E-state index < -0.39 is 29.4 Å². The lowest BCUT2D eigenvalue weighted by molar-refractivity contribution is -0.145. The van der Waals surface area contributed by atoms with E-state index in [0.29, 0.717) is 0 Å². The highest BCUT2D eigenvalue weighted by molar-refractivity contribution is 5.93. The summed E-state index contributed by atoms with van der Waals surface area (Å²) in [4.78, 5) is 48.6. The quantitative estimate of drug-likeness (QED) is 0.183. The monoisotopic (exact) mass is 560 g/mol. The second-order valence-corrected chi connectivity index (χ2v) is 10.8. The van der Waals surface area contributed by atoms with Gasteiger partial charge in [0.1, 0.15) is 11.6 Å². The zero-order chi connectivity index (χ0) is 31.2. The Bertz CT molecular complexity index is 691. The van der Waals surface area contributed by atoms with Gasteiger partial charge in [-0.15, -0.1) is 0 Å². The second-order valence-electron chi connectivity index (χ2n) is 10.8. The number of carbonyl (C=O) groups excluding carboxylic acids is 4. The molecule has 0 spiro atoms. The van der Waals surface area contributed by atoms with Crippen molar-refractivity contribution < 1.29 is 29.0 Å². The first-order chi connectivity index (χ1) is 18.0. The number of ketones is 1. The number of unbranched alkanes of at least 4 members (excludes halogenated alkanes) is 1. The summed E-state index contributed by atoms with van der Waals surface area (Å²) in [5, 5.41) is 18.1. The van der Waals surface area contributed by atoms with E-state index in [-0.39, 0.29) is 49.3 Å². The number of hydrogen-bond donors (Lipinski definition) is 5. The number of ether oxygens (including phenoxy) is 1. The van der Waals surface area contributed by atoms with Gasteiger partial charge in [0.15, 0.2) is 5.78 Å². The van der Waals surface area contributed by atoms with Gasteiger partial charge in [-0.2, -0.15) is 0 Å². The normalized spacial score (nSPS) is 13.2. The molecule has 0 aromatic carbocycles. The molecule has 6 N–H and O–H groups in total. The summed E-state index contributed by atoms with van der Waals surface area (Å²) in [6, 6.07) is -0.934. The Balaban J connectivity index is -0.00000165. The van der Waals surface area contributed by atoms with Crippen LogP contribution in [0.2, 0.25) is 0 Å². The molecule has 10 nitrogen and oxygen atoms in total. The minimum atomic E-state index is -1.72. The van der Waals surface area contributed by atoms with Gasteiger partial charge < -0.3 is 31.5 Å². The van der Waals surface area contributed by atoms with Gasteiger partial charge in [0.2, 0.25) is 11.8 Å². The highest BCUT2D eigenvalue weighted by atomic mass is 16.5. The van der Waals surface area contributed by atoms with Crippen molar-refractivity contribution in [2.45, 2.75) is 126 Å². The van der Waals surface area contributed by atoms with Crippen LogP contribution in [0.3, 0.4) is 0 Å². The topological polar surface area (TPSA) is 160 Å². The van der Waals surface area contributed by atoms with Gasteiger partial charge in [0.05, 0.1) is 25.3 Å². The molecule has 2 unspecified atom stereocenters. The third-order valence-electron chi connectivity index (χ3n) is 5.74. The maximum absolute atomic E-state index is 12.6. The number of carbonyl (C=O) groups is 4. The molecule has 0 aromatic heterocycles. The Morgan fingerprint density at radius 3 is 1.87 bits per heavy atom. The molecule has 3 amide bonds. The van der Waals surface area contributed by atoms with Crippen molar-refractivity contribution in [1.82, 2.24) is 16.0 Å². The van der Waals surface area contributed by atoms with Crippen LogP contribution in [0.1, 0.15) is 108 Å². The van der Waals surface area contributed by atoms with Crippen LogP contribution in [0.25, 0.3) is 0 Å². The van der Waals surface area contributed by atoms with Gasteiger partial charge >= 0.3 is 0 Å². The van der Waals surface area contributed by atoms with Crippen molar-refractivity contribution in [1.29, 1.82) is 0 Å². The second kappa shape index (κ2) is 22.7. The van der Waals surface area contributed by atoms with Crippen molar-refractivity contribution >= 4 is 23.5 Å². The van der Waals surface area contributed by atoms with Gasteiger partial charge in [-0.05, 0) is 46.1 Å². The van der Waals surface area contributed by atoms with Crippen molar-refractivity contribution in [3.63, 3.8) is 0 Å². The molecule has 0 aromatic rings. The largest absolute Gasteiger partial charge is 0.380 e. The first kappa shape index (κ1) is 41.4. The fourth-order valence-electron chi connectivity index (χ4n) is 3.08. The minimum absolute atomic E-state index is 0.0741. The van der Waals surface area contributed by atoms with E-state index in [1.54, 1.807) is 27.7 Å². The average molecular weight is 561 g/mol. The molecule has 0 saturated carbocycles. The molecule has 0 aliphatic rings. The fourth-order valence-corrected chi connectivity index (χ4v) is 3.08. The Hall–Kier alpha value is -2.04. The average Bonchev–Trinajstić information content (AvgIpc) is 2.85. The summed E-state index contributed by atoms with van der Waals surface area (Å²) in [5.41, 5.74) is 3.08. The standard InChI is InChI=1S/C23H43N3O6.C4H11N.C2H6/c1-9-10-22(6,7)32-12-11-23(8,31)21(30)26-19(16(4)5)20(29)25-14-18(28)24-13-17(27)15(2)3;1-2-3-4-5;1-2/h15-16,19,31H,9-14H2,1-8H3,(H,24,28)(H,25,29)(H,26,30);2-5H2,1H3;1-2H3. The lowest BCUT2D eigenvalue weighted by Crippen LogP contribution is -2.56. The lowest BCUT2D eigenvalue weighted by Gasteiger charge is -2.30. The van der Waals surface area contributed by atoms with Crippen LogP contribution in [0, 0.1) is 11.8 Å². The molecule has 0 fully saturated rings. The first-order valence-corrected chi connectivity index (χ1v) is 14.5. The Labute approximate surface area is 238 Å². The molecule has 0 heterocycles. The zero-order valence-electron chi connectivity index (χ0n) is 26.7. The van der Waals surface area contributed by atoms with Gasteiger partial charge in [-0.25, -0.2) is 0 Å². The van der Waals surface area contributed by atoms with E-state index in [1.165, 1.54) is 19.8 Å². The minimum Gasteiger partial charge on any atom is -0.380 e. The van der Waals surface area contributed by atoms with Gasteiger partial charge in [0.25, 0.3) is 5.91 Å². The number of Topliss-reactive ketones (excluding diaryl/α,β-unsaturated/α-hetero) is 1.